The molecule has 1 heterocycles. The molecule has 21 heavy (non-hydrogen) atoms. The first-order chi connectivity index (χ1) is 10.2. The lowest BCUT2D eigenvalue weighted by atomic mass is 10.0. The van der Waals surface area contributed by atoms with E-state index in [1.807, 2.05) is 6.08 Å². The van der Waals surface area contributed by atoms with Gasteiger partial charge in [0.2, 0.25) is 0 Å². The van der Waals surface area contributed by atoms with Gasteiger partial charge in [0, 0.05) is 38.4 Å². The Kier molecular flexibility index (Phi) is 6.27. The third-order valence-corrected chi connectivity index (χ3v) is 4.44. The van der Waals surface area contributed by atoms with E-state index in [0.29, 0.717) is 6.04 Å². The molecular formula is C18H28N2O. The van der Waals surface area contributed by atoms with E-state index < -0.39 is 0 Å². The van der Waals surface area contributed by atoms with Gasteiger partial charge in [0.1, 0.15) is 0 Å². The van der Waals surface area contributed by atoms with Crippen molar-refractivity contribution in [2.45, 2.75) is 37.8 Å². The molecule has 1 aromatic rings. The Hall–Kier alpha value is -1.32. The fraction of sp³-hybridized carbons (Fsp3) is 0.556. The molecule has 0 aliphatic carbocycles. The molecule has 1 aliphatic heterocycles. The highest BCUT2D eigenvalue weighted by Gasteiger charge is 2.23. The van der Waals surface area contributed by atoms with Gasteiger partial charge in [-0.25, -0.2) is 0 Å². The number of piperidine rings is 1. The lowest BCUT2D eigenvalue weighted by molar-refractivity contribution is 0.0918. The quantitative estimate of drug-likeness (QED) is 0.782. The maximum Gasteiger partial charge on any atom is 0.0670 e. The third-order valence-electron chi connectivity index (χ3n) is 4.44. The summed E-state index contributed by atoms with van der Waals surface area (Å²) >= 11 is 0. The number of aliphatic hydroxyl groups excluding tert-OH is 1. The van der Waals surface area contributed by atoms with Crippen molar-refractivity contribution in [3.63, 3.8) is 0 Å². The fourth-order valence-corrected chi connectivity index (χ4v) is 3.06. The van der Waals surface area contributed by atoms with Crippen molar-refractivity contribution >= 4 is 5.69 Å². The molecule has 1 aromatic carbocycles. The van der Waals surface area contributed by atoms with Crippen LogP contribution < -0.4 is 4.90 Å². The zero-order valence-corrected chi connectivity index (χ0v) is 13.1. The Bertz CT molecular complexity index is 412. The molecule has 1 N–H and O–H groups in total. The van der Waals surface area contributed by atoms with Crippen LogP contribution in [-0.2, 0) is 0 Å². The van der Waals surface area contributed by atoms with Crippen LogP contribution in [0.25, 0.3) is 0 Å². The van der Waals surface area contributed by atoms with Gasteiger partial charge in [-0.2, -0.15) is 0 Å². The van der Waals surface area contributed by atoms with Crippen LogP contribution in [0.5, 0.6) is 0 Å². The molecule has 0 aromatic heterocycles. The Balaban J connectivity index is 1.76. The summed E-state index contributed by atoms with van der Waals surface area (Å²) in [5, 5.41) is 9.99. The molecule has 0 spiro atoms. The van der Waals surface area contributed by atoms with Gasteiger partial charge in [0.15, 0.2) is 0 Å². The molecule has 0 amide bonds. The molecular weight excluding hydrogens is 260 g/mol. The first-order valence-electron chi connectivity index (χ1n) is 8.00. The highest BCUT2D eigenvalue weighted by Crippen LogP contribution is 2.22. The monoisotopic (exact) mass is 288 g/mol. The second-order valence-corrected chi connectivity index (χ2v) is 6.00. The Labute approximate surface area is 128 Å². The zero-order valence-electron chi connectivity index (χ0n) is 13.1. The van der Waals surface area contributed by atoms with Gasteiger partial charge in [0.05, 0.1) is 6.10 Å². The van der Waals surface area contributed by atoms with E-state index in [-0.39, 0.29) is 6.10 Å². The van der Waals surface area contributed by atoms with Gasteiger partial charge in [-0.15, -0.1) is 6.58 Å². The predicted octanol–water partition coefficient (Wildman–Crippen LogP) is 2.91. The summed E-state index contributed by atoms with van der Waals surface area (Å²) in [5.74, 6) is 0. The normalized spacial score (nSPS) is 18.4. The molecule has 0 saturated carbocycles. The summed E-state index contributed by atoms with van der Waals surface area (Å²) in [4.78, 5) is 4.79. The number of β-amino-alcohol motifs (C(OH)–C–C–N with tert-alkyl or cyclic N) is 1. The molecule has 1 atom stereocenters. The number of benzene rings is 1. The lowest BCUT2D eigenvalue weighted by Gasteiger charge is -2.38. The van der Waals surface area contributed by atoms with E-state index in [1.54, 1.807) is 0 Å². The summed E-state index contributed by atoms with van der Waals surface area (Å²) in [6.07, 6.45) is 5.72. The number of rotatable bonds is 7. The minimum absolute atomic E-state index is 0.216. The Morgan fingerprint density at radius 2 is 2.00 bits per heavy atom. The van der Waals surface area contributed by atoms with Gasteiger partial charge in [-0.3, -0.25) is 0 Å². The number of likely N-dealkylation sites (tertiary alicyclic amines) is 1. The van der Waals surface area contributed by atoms with E-state index in [9.17, 15) is 5.11 Å². The summed E-state index contributed by atoms with van der Waals surface area (Å²) < 4.78 is 0. The van der Waals surface area contributed by atoms with Gasteiger partial charge >= 0.3 is 0 Å². The van der Waals surface area contributed by atoms with Gasteiger partial charge in [-0.05, 0) is 37.8 Å². The van der Waals surface area contributed by atoms with E-state index in [4.69, 9.17) is 0 Å². The molecule has 2 rings (SSSR count). The standard InChI is InChI=1S/C18H28N2O/c1-3-4-10-18(21)15-20-13-11-17(12-14-20)19(2)16-8-6-5-7-9-16/h3,5-9,17-18,21H,1,4,10-15H2,2H3. The SMILES string of the molecule is C=CCCC(O)CN1CCC(N(C)c2ccccc2)CC1. The third kappa shape index (κ3) is 4.87. The number of hydrogen-bond acceptors (Lipinski definition) is 3. The van der Waals surface area contributed by atoms with Gasteiger partial charge in [0.25, 0.3) is 0 Å². The molecule has 1 saturated heterocycles. The lowest BCUT2D eigenvalue weighted by Crippen LogP contribution is -2.45. The highest BCUT2D eigenvalue weighted by molar-refractivity contribution is 5.46. The van der Waals surface area contributed by atoms with Crippen molar-refractivity contribution in [2.75, 3.05) is 31.6 Å². The van der Waals surface area contributed by atoms with Crippen molar-refractivity contribution in [3.8, 4) is 0 Å². The average molecular weight is 288 g/mol. The number of anilines is 1. The van der Waals surface area contributed by atoms with Crippen LogP contribution in [0.4, 0.5) is 5.69 Å². The second kappa shape index (κ2) is 8.20. The molecule has 0 radical (unpaired) electrons. The van der Waals surface area contributed by atoms with Crippen LogP contribution in [-0.4, -0.2) is 48.8 Å². The first-order valence-corrected chi connectivity index (χ1v) is 8.00. The summed E-state index contributed by atoms with van der Waals surface area (Å²) in [6.45, 7) is 6.66. The van der Waals surface area contributed by atoms with Crippen LogP contribution >= 0.6 is 0 Å². The summed E-state index contributed by atoms with van der Waals surface area (Å²) in [7, 11) is 2.19. The van der Waals surface area contributed by atoms with E-state index in [1.165, 1.54) is 18.5 Å². The van der Waals surface area contributed by atoms with Gasteiger partial charge < -0.3 is 14.9 Å². The van der Waals surface area contributed by atoms with Gasteiger partial charge in [-0.1, -0.05) is 24.3 Å². The Morgan fingerprint density at radius 1 is 1.33 bits per heavy atom. The second-order valence-electron chi connectivity index (χ2n) is 6.00. The molecule has 116 valence electrons. The molecule has 3 nitrogen and oxygen atoms in total. The topological polar surface area (TPSA) is 26.7 Å². The smallest absolute Gasteiger partial charge is 0.0670 e. The van der Waals surface area contributed by atoms with Crippen molar-refractivity contribution in [3.05, 3.63) is 43.0 Å². The molecule has 0 bridgehead atoms. The highest BCUT2D eigenvalue weighted by atomic mass is 16.3. The molecule has 1 unspecified atom stereocenters. The number of aliphatic hydroxyl groups is 1. The predicted molar refractivity (Wildman–Crippen MR) is 89.7 cm³/mol. The fourth-order valence-electron chi connectivity index (χ4n) is 3.06. The van der Waals surface area contributed by atoms with Crippen molar-refractivity contribution in [1.29, 1.82) is 0 Å². The maximum absolute atomic E-state index is 9.99. The zero-order chi connectivity index (χ0) is 15.1. The molecule has 3 heteroatoms. The number of hydrogen-bond donors (Lipinski definition) is 1. The van der Waals surface area contributed by atoms with Crippen LogP contribution in [0.2, 0.25) is 0 Å². The minimum atomic E-state index is -0.216. The van der Waals surface area contributed by atoms with E-state index in [0.717, 1.165) is 32.5 Å². The number of allylic oxidation sites excluding steroid dienone is 1. The first kappa shape index (κ1) is 16.1. The Morgan fingerprint density at radius 3 is 2.62 bits per heavy atom. The average Bonchev–Trinajstić information content (AvgIpc) is 2.54. The largest absolute Gasteiger partial charge is 0.392 e. The number of nitrogens with zero attached hydrogens (tertiary/aromatic N) is 2. The molecule has 1 aliphatic rings. The van der Waals surface area contributed by atoms with Crippen LogP contribution in [0.15, 0.2) is 43.0 Å². The summed E-state index contributed by atoms with van der Waals surface area (Å²) in [5.41, 5.74) is 1.29. The van der Waals surface area contributed by atoms with Crippen molar-refractivity contribution in [1.82, 2.24) is 4.90 Å². The maximum atomic E-state index is 9.99. The van der Waals surface area contributed by atoms with E-state index >= 15 is 0 Å². The van der Waals surface area contributed by atoms with Crippen molar-refractivity contribution in [2.24, 2.45) is 0 Å². The van der Waals surface area contributed by atoms with E-state index in [2.05, 4.69) is 53.8 Å². The minimum Gasteiger partial charge on any atom is -0.392 e. The summed E-state index contributed by atoms with van der Waals surface area (Å²) in [6, 6.07) is 11.2. The van der Waals surface area contributed by atoms with Crippen LogP contribution in [0, 0.1) is 0 Å². The van der Waals surface area contributed by atoms with Crippen molar-refractivity contribution < 1.29 is 5.11 Å². The van der Waals surface area contributed by atoms with Crippen LogP contribution in [0.1, 0.15) is 25.7 Å². The molecule has 1 fully saturated rings. The number of para-hydroxylation sites is 1. The van der Waals surface area contributed by atoms with Crippen LogP contribution in [0.3, 0.4) is 0 Å².